The van der Waals surface area contributed by atoms with Gasteiger partial charge in [0.15, 0.2) is 0 Å². The molecule has 0 aromatic carbocycles. The average molecular weight is 211 g/mol. The summed E-state index contributed by atoms with van der Waals surface area (Å²) in [5.41, 5.74) is 2.06. The Morgan fingerprint density at radius 2 is 2.20 bits per heavy atom. The monoisotopic (exact) mass is 211 g/mol. The second kappa shape index (κ2) is 5.28. The molecular weight excluding hydrogens is 190 g/mol. The molecule has 1 heterocycles. The van der Waals surface area contributed by atoms with E-state index in [-0.39, 0.29) is 12.6 Å². The van der Waals surface area contributed by atoms with Crippen molar-refractivity contribution in [1.29, 1.82) is 0 Å². The molecular formula is C11H21N3O. The standard InChI is InChI=1S/C11H21N3O/c1-8(2)5-12-11(7-15)10-6-14(4)13-9(10)3/h6,8,11-12,15H,5,7H2,1-4H3. The Labute approximate surface area is 91.3 Å². The van der Waals surface area contributed by atoms with E-state index in [0.717, 1.165) is 17.8 Å². The van der Waals surface area contributed by atoms with Gasteiger partial charge in [0.1, 0.15) is 0 Å². The Hall–Kier alpha value is -0.870. The summed E-state index contributed by atoms with van der Waals surface area (Å²) in [4.78, 5) is 0. The summed E-state index contributed by atoms with van der Waals surface area (Å²) in [5, 5.41) is 16.9. The van der Waals surface area contributed by atoms with E-state index in [1.165, 1.54) is 0 Å². The topological polar surface area (TPSA) is 50.1 Å². The maximum Gasteiger partial charge on any atom is 0.0642 e. The average Bonchev–Trinajstić information content (AvgIpc) is 2.46. The Morgan fingerprint density at radius 1 is 1.53 bits per heavy atom. The number of aryl methyl sites for hydroxylation is 2. The van der Waals surface area contributed by atoms with Gasteiger partial charge in [0.2, 0.25) is 0 Å². The number of aliphatic hydroxyl groups excluding tert-OH is 1. The highest BCUT2D eigenvalue weighted by atomic mass is 16.3. The predicted octanol–water partition coefficient (Wildman–Crippen LogP) is 1.01. The van der Waals surface area contributed by atoms with E-state index in [0.29, 0.717) is 5.92 Å². The zero-order chi connectivity index (χ0) is 11.4. The maximum atomic E-state index is 9.33. The molecule has 4 nitrogen and oxygen atoms in total. The fourth-order valence-electron chi connectivity index (χ4n) is 1.61. The summed E-state index contributed by atoms with van der Waals surface area (Å²) in [5.74, 6) is 0.580. The summed E-state index contributed by atoms with van der Waals surface area (Å²) in [6.07, 6.45) is 1.96. The van der Waals surface area contributed by atoms with Gasteiger partial charge in [0.05, 0.1) is 18.3 Å². The van der Waals surface area contributed by atoms with Gasteiger partial charge in [-0.15, -0.1) is 0 Å². The third kappa shape index (κ3) is 3.32. The van der Waals surface area contributed by atoms with Crippen molar-refractivity contribution < 1.29 is 5.11 Å². The molecule has 0 amide bonds. The van der Waals surface area contributed by atoms with Gasteiger partial charge in [-0.25, -0.2) is 0 Å². The lowest BCUT2D eigenvalue weighted by Crippen LogP contribution is -2.28. The molecule has 2 N–H and O–H groups in total. The molecule has 1 aromatic rings. The number of nitrogens with zero attached hydrogens (tertiary/aromatic N) is 2. The molecule has 0 aliphatic carbocycles. The largest absolute Gasteiger partial charge is 0.394 e. The third-order valence-corrected chi connectivity index (χ3v) is 2.38. The van der Waals surface area contributed by atoms with Crippen molar-refractivity contribution in [2.24, 2.45) is 13.0 Å². The first kappa shape index (κ1) is 12.2. The predicted molar refractivity (Wildman–Crippen MR) is 60.6 cm³/mol. The van der Waals surface area contributed by atoms with Gasteiger partial charge in [-0.1, -0.05) is 13.8 Å². The van der Waals surface area contributed by atoms with Gasteiger partial charge in [0, 0.05) is 18.8 Å². The minimum Gasteiger partial charge on any atom is -0.394 e. The summed E-state index contributed by atoms with van der Waals surface area (Å²) < 4.78 is 1.78. The molecule has 0 bridgehead atoms. The van der Waals surface area contributed by atoms with Crippen molar-refractivity contribution >= 4 is 0 Å². The van der Waals surface area contributed by atoms with E-state index in [9.17, 15) is 5.11 Å². The van der Waals surface area contributed by atoms with Crippen LogP contribution in [-0.4, -0.2) is 28.0 Å². The molecule has 1 aromatic heterocycles. The van der Waals surface area contributed by atoms with Crippen molar-refractivity contribution in [2.45, 2.75) is 26.8 Å². The minimum atomic E-state index is 0.00102. The van der Waals surface area contributed by atoms with Crippen LogP contribution in [0.4, 0.5) is 0 Å². The van der Waals surface area contributed by atoms with Crippen LogP contribution < -0.4 is 5.32 Å². The first-order valence-corrected chi connectivity index (χ1v) is 5.39. The van der Waals surface area contributed by atoms with Crippen LogP contribution in [-0.2, 0) is 7.05 Å². The van der Waals surface area contributed by atoms with E-state index in [1.807, 2.05) is 20.2 Å². The van der Waals surface area contributed by atoms with Crippen LogP contribution in [0, 0.1) is 12.8 Å². The fourth-order valence-corrected chi connectivity index (χ4v) is 1.61. The van der Waals surface area contributed by atoms with E-state index in [4.69, 9.17) is 0 Å². The van der Waals surface area contributed by atoms with Gasteiger partial charge in [-0.2, -0.15) is 5.10 Å². The maximum absolute atomic E-state index is 9.33. The molecule has 0 radical (unpaired) electrons. The fraction of sp³-hybridized carbons (Fsp3) is 0.727. The van der Waals surface area contributed by atoms with E-state index < -0.39 is 0 Å². The number of nitrogens with one attached hydrogen (secondary N) is 1. The highest BCUT2D eigenvalue weighted by Gasteiger charge is 2.15. The molecule has 1 rings (SSSR count). The SMILES string of the molecule is Cc1nn(C)cc1C(CO)NCC(C)C. The molecule has 4 heteroatoms. The smallest absolute Gasteiger partial charge is 0.0642 e. The van der Waals surface area contributed by atoms with Gasteiger partial charge < -0.3 is 10.4 Å². The van der Waals surface area contributed by atoms with Gasteiger partial charge >= 0.3 is 0 Å². The van der Waals surface area contributed by atoms with Crippen LogP contribution >= 0.6 is 0 Å². The molecule has 86 valence electrons. The molecule has 0 aliphatic rings. The molecule has 15 heavy (non-hydrogen) atoms. The Bertz CT molecular complexity index is 307. The molecule has 0 fully saturated rings. The molecule has 0 aliphatic heterocycles. The lowest BCUT2D eigenvalue weighted by molar-refractivity contribution is 0.240. The second-order valence-corrected chi connectivity index (χ2v) is 4.38. The lowest BCUT2D eigenvalue weighted by atomic mass is 10.1. The number of aromatic nitrogens is 2. The van der Waals surface area contributed by atoms with Crippen molar-refractivity contribution in [3.63, 3.8) is 0 Å². The zero-order valence-electron chi connectivity index (χ0n) is 9.99. The molecule has 0 saturated carbocycles. The van der Waals surface area contributed by atoms with Crippen molar-refractivity contribution in [1.82, 2.24) is 15.1 Å². The molecule has 1 atom stereocenters. The zero-order valence-corrected chi connectivity index (χ0v) is 9.99. The summed E-state index contributed by atoms with van der Waals surface area (Å²) in [6, 6.07) is 0.00102. The quantitative estimate of drug-likeness (QED) is 0.764. The van der Waals surface area contributed by atoms with Crippen LogP contribution in [0.15, 0.2) is 6.20 Å². The normalized spacial score (nSPS) is 13.5. The first-order valence-electron chi connectivity index (χ1n) is 5.39. The first-order chi connectivity index (χ1) is 7.04. The van der Waals surface area contributed by atoms with Crippen LogP contribution in [0.1, 0.15) is 31.1 Å². The van der Waals surface area contributed by atoms with Crippen molar-refractivity contribution in [3.8, 4) is 0 Å². The van der Waals surface area contributed by atoms with Crippen molar-refractivity contribution in [2.75, 3.05) is 13.2 Å². The van der Waals surface area contributed by atoms with Crippen LogP contribution in [0.25, 0.3) is 0 Å². The molecule has 0 spiro atoms. The van der Waals surface area contributed by atoms with Crippen LogP contribution in [0.5, 0.6) is 0 Å². The van der Waals surface area contributed by atoms with Gasteiger partial charge in [-0.3, -0.25) is 4.68 Å². The summed E-state index contributed by atoms with van der Waals surface area (Å²) in [6.45, 7) is 7.28. The number of aliphatic hydroxyl groups is 1. The molecule has 1 unspecified atom stereocenters. The number of hydrogen-bond acceptors (Lipinski definition) is 3. The van der Waals surface area contributed by atoms with Crippen LogP contribution in [0.2, 0.25) is 0 Å². The van der Waals surface area contributed by atoms with Crippen molar-refractivity contribution in [3.05, 3.63) is 17.5 Å². The third-order valence-electron chi connectivity index (χ3n) is 2.38. The number of rotatable bonds is 5. The summed E-state index contributed by atoms with van der Waals surface area (Å²) in [7, 11) is 1.90. The van der Waals surface area contributed by atoms with Crippen LogP contribution in [0.3, 0.4) is 0 Å². The summed E-state index contributed by atoms with van der Waals surface area (Å²) >= 11 is 0. The lowest BCUT2D eigenvalue weighted by Gasteiger charge is -2.17. The van der Waals surface area contributed by atoms with Gasteiger partial charge in [-0.05, 0) is 19.4 Å². The highest BCUT2D eigenvalue weighted by molar-refractivity contribution is 5.20. The number of hydrogen-bond donors (Lipinski definition) is 2. The molecule has 0 saturated heterocycles. The minimum absolute atomic E-state index is 0.00102. The Kier molecular flexibility index (Phi) is 4.29. The van der Waals surface area contributed by atoms with E-state index in [1.54, 1.807) is 4.68 Å². The van der Waals surface area contributed by atoms with E-state index in [2.05, 4.69) is 24.3 Å². The van der Waals surface area contributed by atoms with E-state index >= 15 is 0 Å². The second-order valence-electron chi connectivity index (χ2n) is 4.38. The Morgan fingerprint density at radius 3 is 2.60 bits per heavy atom. The van der Waals surface area contributed by atoms with Gasteiger partial charge in [0.25, 0.3) is 0 Å². The Balaban J connectivity index is 2.69. The highest BCUT2D eigenvalue weighted by Crippen LogP contribution is 2.15.